The lowest BCUT2D eigenvalue weighted by Crippen LogP contribution is -2.45. The van der Waals surface area contributed by atoms with E-state index < -0.39 is 0 Å². The Bertz CT molecular complexity index is 700. The zero-order valence-corrected chi connectivity index (χ0v) is 20.9. The van der Waals surface area contributed by atoms with Gasteiger partial charge in [-0.1, -0.05) is 19.1 Å². The number of hydrogen-bond acceptors (Lipinski definition) is 3. The van der Waals surface area contributed by atoms with E-state index in [2.05, 4.69) is 32.8 Å². The van der Waals surface area contributed by atoms with Gasteiger partial charge in [-0.25, -0.2) is 0 Å². The van der Waals surface area contributed by atoms with E-state index in [-0.39, 0.29) is 41.8 Å². The molecule has 1 fully saturated rings. The first-order valence-electron chi connectivity index (χ1n) is 10.5. The monoisotopic (exact) mass is 529 g/mol. The smallest absolute Gasteiger partial charge is 0.251 e. The zero-order valence-electron chi connectivity index (χ0n) is 18.5. The quantitative estimate of drug-likeness (QED) is 0.288. The third-order valence-electron chi connectivity index (χ3n) is 5.54. The summed E-state index contributed by atoms with van der Waals surface area (Å²) in [6.07, 6.45) is 3.51. The van der Waals surface area contributed by atoms with E-state index in [1.165, 1.54) is 0 Å². The van der Waals surface area contributed by atoms with Crippen molar-refractivity contribution in [3.63, 3.8) is 0 Å². The van der Waals surface area contributed by atoms with Crippen LogP contribution in [0.4, 0.5) is 0 Å². The number of carbonyl (C=O) groups is 2. The predicted molar refractivity (Wildman–Crippen MR) is 132 cm³/mol. The Kier molecular flexibility index (Phi) is 11.8. The van der Waals surface area contributed by atoms with Crippen LogP contribution in [-0.2, 0) is 11.3 Å². The van der Waals surface area contributed by atoms with Gasteiger partial charge < -0.3 is 20.9 Å². The zero-order chi connectivity index (χ0) is 21.2. The fraction of sp³-hybridized carbons (Fsp3) is 0.591. The van der Waals surface area contributed by atoms with E-state index in [1.807, 2.05) is 31.2 Å². The highest BCUT2D eigenvalue weighted by molar-refractivity contribution is 14.0. The second kappa shape index (κ2) is 13.5. The first kappa shape index (κ1) is 26.2. The highest BCUT2D eigenvalue weighted by Gasteiger charge is 2.23. The lowest BCUT2D eigenvalue weighted by Gasteiger charge is -2.34. The molecule has 3 N–H and O–H groups in total. The maximum atomic E-state index is 12.2. The van der Waals surface area contributed by atoms with Gasteiger partial charge in [-0.15, -0.1) is 24.0 Å². The molecule has 0 spiro atoms. The summed E-state index contributed by atoms with van der Waals surface area (Å²) in [7, 11) is 3.48. The van der Waals surface area contributed by atoms with Crippen molar-refractivity contribution in [2.75, 3.05) is 27.2 Å². The number of amides is 2. The number of rotatable bonds is 7. The number of benzene rings is 1. The predicted octanol–water partition coefficient (Wildman–Crippen LogP) is 2.76. The van der Waals surface area contributed by atoms with Crippen molar-refractivity contribution in [2.45, 2.75) is 52.1 Å². The van der Waals surface area contributed by atoms with Crippen LogP contribution < -0.4 is 16.0 Å². The SMILES string of the molecule is CCC(C)NC(=O)c1ccc(CNC(=NC)N2CCC(CC(=O)NC)CC2)cc1.I. The van der Waals surface area contributed by atoms with Gasteiger partial charge in [0.15, 0.2) is 5.96 Å². The fourth-order valence-electron chi connectivity index (χ4n) is 3.41. The van der Waals surface area contributed by atoms with Crippen LogP contribution in [-0.4, -0.2) is 55.9 Å². The Morgan fingerprint density at radius 2 is 1.83 bits per heavy atom. The normalized spacial score (nSPS) is 15.7. The van der Waals surface area contributed by atoms with Gasteiger partial charge in [-0.3, -0.25) is 14.6 Å². The molecular formula is C22H36IN5O2. The van der Waals surface area contributed by atoms with Gasteiger partial charge in [0.25, 0.3) is 5.91 Å². The summed E-state index contributed by atoms with van der Waals surface area (Å²) in [6.45, 7) is 6.50. The Labute approximate surface area is 197 Å². The third-order valence-corrected chi connectivity index (χ3v) is 5.54. The van der Waals surface area contributed by atoms with Crippen molar-refractivity contribution in [2.24, 2.45) is 10.9 Å². The molecule has 0 aliphatic carbocycles. The van der Waals surface area contributed by atoms with Crippen LogP contribution in [0.15, 0.2) is 29.3 Å². The number of likely N-dealkylation sites (tertiary alicyclic amines) is 1. The molecule has 168 valence electrons. The largest absolute Gasteiger partial charge is 0.359 e. The van der Waals surface area contributed by atoms with E-state index >= 15 is 0 Å². The molecule has 2 rings (SSSR count). The summed E-state index contributed by atoms with van der Waals surface area (Å²) in [4.78, 5) is 30.4. The van der Waals surface area contributed by atoms with Crippen molar-refractivity contribution in [3.05, 3.63) is 35.4 Å². The maximum Gasteiger partial charge on any atom is 0.251 e. The molecule has 30 heavy (non-hydrogen) atoms. The molecule has 1 atom stereocenters. The Morgan fingerprint density at radius 3 is 2.37 bits per heavy atom. The first-order valence-corrected chi connectivity index (χ1v) is 10.5. The molecule has 0 saturated carbocycles. The first-order chi connectivity index (χ1) is 14.0. The molecule has 0 bridgehead atoms. The number of nitrogens with zero attached hydrogens (tertiary/aromatic N) is 2. The topological polar surface area (TPSA) is 85.8 Å². The molecular weight excluding hydrogens is 493 g/mol. The standard InChI is InChI=1S/C22H35N5O2.HI/c1-5-16(2)26-21(29)19-8-6-18(7-9-19)15-25-22(24-4)27-12-10-17(11-13-27)14-20(28)23-3;/h6-9,16-17H,5,10-15H2,1-4H3,(H,23,28)(H,24,25)(H,26,29);1H. The van der Waals surface area contributed by atoms with Gasteiger partial charge in [-0.05, 0) is 49.8 Å². The minimum atomic E-state index is -0.0331. The number of hydrogen-bond donors (Lipinski definition) is 3. The second-order valence-corrected chi connectivity index (χ2v) is 7.69. The van der Waals surface area contributed by atoms with Crippen LogP contribution in [0.25, 0.3) is 0 Å². The van der Waals surface area contributed by atoms with Crippen LogP contribution in [0, 0.1) is 5.92 Å². The second-order valence-electron chi connectivity index (χ2n) is 7.69. The number of piperidine rings is 1. The molecule has 1 unspecified atom stereocenters. The van der Waals surface area contributed by atoms with Gasteiger partial charge in [-0.2, -0.15) is 0 Å². The summed E-state index contributed by atoms with van der Waals surface area (Å²) in [5.41, 5.74) is 1.78. The van der Waals surface area contributed by atoms with Crippen LogP contribution in [0.2, 0.25) is 0 Å². The van der Waals surface area contributed by atoms with E-state index in [0.717, 1.165) is 43.9 Å². The van der Waals surface area contributed by atoms with Crippen LogP contribution in [0.3, 0.4) is 0 Å². The number of guanidine groups is 1. The van der Waals surface area contributed by atoms with Gasteiger partial charge in [0.05, 0.1) is 0 Å². The Hall–Kier alpha value is -1.84. The van der Waals surface area contributed by atoms with Crippen LogP contribution in [0.5, 0.6) is 0 Å². The van der Waals surface area contributed by atoms with Crippen molar-refractivity contribution < 1.29 is 9.59 Å². The molecule has 1 aliphatic heterocycles. The molecule has 0 radical (unpaired) electrons. The minimum absolute atomic E-state index is 0. The van der Waals surface area contributed by atoms with E-state index in [9.17, 15) is 9.59 Å². The molecule has 1 saturated heterocycles. The molecule has 1 aliphatic rings. The van der Waals surface area contributed by atoms with Crippen molar-refractivity contribution in [1.82, 2.24) is 20.9 Å². The lowest BCUT2D eigenvalue weighted by atomic mass is 9.93. The number of nitrogens with one attached hydrogen (secondary N) is 3. The minimum Gasteiger partial charge on any atom is -0.359 e. The summed E-state index contributed by atoms with van der Waals surface area (Å²) in [5.74, 6) is 1.40. The number of halogens is 1. The van der Waals surface area contributed by atoms with Crippen molar-refractivity contribution >= 4 is 41.8 Å². The van der Waals surface area contributed by atoms with E-state index in [1.54, 1.807) is 14.1 Å². The molecule has 2 amide bonds. The molecule has 1 aromatic carbocycles. The summed E-state index contributed by atoms with van der Waals surface area (Å²) < 4.78 is 0. The molecule has 0 aromatic heterocycles. The molecule has 1 aromatic rings. The highest BCUT2D eigenvalue weighted by atomic mass is 127. The van der Waals surface area contributed by atoms with E-state index in [4.69, 9.17) is 0 Å². The van der Waals surface area contributed by atoms with Crippen molar-refractivity contribution in [1.29, 1.82) is 0 Å². The average Bonchev–Trinajstić information content (AvgIpc) is 2.75. The summed E-state index contributed by atoms with van der Waals surface area (Å²) >= 11 is 0. The third kappa shape index (κ3) is 8.12. The van der Waals surface area contributed by atoms with Gasteiger partial charge in [0.1, 0.15) is 0 Å². The summed E-state index contributed by atoms with van der Waals surface area (Å²) in [6, 6.07) is 7.85. The van der Waals surface area contributed by atoms with E-state index in [0.29, 0.717) is 24.4 Å². The highest BCUT2D eigenvalue weighted by Crippen LogP contribution is 2.20. The molecule has 7 nitrogen and oxygen atoms in total. The van der Waals surface area contributed by atoms with Gasteiger partial charge in [0, 0.05) is 51.8 Å². The van der Waals surface area contributed by atoms with Gasteiger partial charge >= 0.3 is 0 Å². The Morgan fingerprint density at radius 1 is 1.20 bits per heavy atom. The fourth-order valence-corrected chi connectivity index (χ4v) is 3.41. The number of aliphatic imine (C=N–C) groups is 1. The van der Waals surface area contributed by atoms with Crippen LogP contribution >= 0.6 is 24.0 Å². The Balaban J connectivity index is 0.00000450. The maximum absolute atomic E-state index is 12.2. The number of carbonyl (C=O) groups excluding carboxylic acids is 2. The summed E-state index contributed by atoms with van der Waals surface area (Å²) in [5, 5.41) is 9.09. The lowest BCUT2D eigenvalue weighted by molar-refractivity contribution is -0.121. The molecule has 8 heteroatoms. The molecule has 1 heterocycles. The van der Waals surface area contributed by atoms with Crippen molar-refractivity contribution in [3.8, 4) is 0 Å². The van der Waals surface area contributed by atoms with Gasteiger partial charge in [0.2, 0.25) is 5.91 Å². The van der Waals surface area contributed by atoms with Crippen LogP contribution in [0.1, 0.15) is 55.5 Å². The average molecular weight is 529 g/mol.